The number of hydrogen-bond donors (Lipinski definition) is 1. The second-order valence-corrected chi connectivity index (χ2v) is 8.97. The van der Waals surface area contributed by atoms with Gasteiger partial charge in [0.25, 0.3) is 5.56 Å². The van der Waals surface area contributed by atoms with Crippen LogP contribution in [0, 0.1) is 0 Å². The average molecular weight is 462 g/mol. The molecule has 9 nitrogen and oxygen atoms in total. The summed E-state index contributed by atoms with van der Waals surface area (Å²) >= 11 is 0. The zero-order valence-corrected chi connectivity index (χ0v) is 20.4. The van der Waals surface area contributed by atoms with E-state index in [1.165, 1.54) is 0 Å². The Bertz CT molecular complexity index is 1040. The molecule has 2 aromatic heterocycles. The molecular weight excluding hydrogens is 422 g/mol. The average Bonchev–Trinajstić information content (AvgIpc) is 3.16. The van der Waals surface area contributed by atoms with Gasteiger partial charge in [-0.05, 0) is 38.8 Å². The fraction of sp³-hybridized carbons (Fsp3) is 0.750. The SMILES string of the molecule is CCCCCn1c(CCC(=O)OC2CCCN(CC)C2)nc2c1c(=O)[nH]c(=O)n2CCCC. The molecule has 0 aromatic carbocycles. The van der Waals surface area contributed by atoms with E-state index in [-0.39, 0.29) is 18.5 Å². The van der Waals surface area contributed by atoms with Crippen molar-refractivity contribution in [2.24, 2.45) is 0 Å². The summed E-state index contributed by atoms with van der Waals surface area (Å²) < 4.78 is 9.19. The summed E-state index contributed by atoms with van der Waals surface area (Å²) in [5.74, 6) is 0.431. The van der Waals surface area contributed by atoms with Crippen LogP contribution in [0.3, 0.4) is 0 Å². The summed E-state index contributed by atoms with van der Waals surface area (Å²) in [5, 5.41) is 0. The molecule has 0 amide bonds. The van der Waals surface area contributed by atoms with Crippen LogP contribution in [-0.2, 0) is 29.0 Å². The number of likely N-dealkylation sites (N-methyl/N-ethyl adjacent to an activating group) is 1. The molecule has 0 spiro atoms. The van der Waals surface area contributed by atoms with E-state index in [0.717, 1.165) is 64.6 Å². The molecule has 1 atom stereocenters. The van der Waals surface area contributed by atoms with Gasteiger partial charge in [-0.2, -0.15) is 0 Å². The summed E-state index contributed by atoms with van der Waals surface area (Å²) in [6.07, 6.45) is 7.21. The van der Waals surface area contributed by atoms with E-state index in [4.69, 9.17) is 9.72 Å². The van der Waals surface area contributed by atoms with Crippen LogP contribution in [0.1, 0.15) is 78.0 Å². The van der Waals surface area contributed by atoms with Crippen LogP contribution < -0.4 is 11.2 Å². The molecule has 0 bridgehead atoms. The minimum atomic E-state index is -0.428. The van der Waals surface area contributed by atoms with E-state index in [9.17, 15) is 14.4 Å². The number of aromatic nitrogens is 4. The number of likely N-dealkylation sites (tertiary alicyclic amines) is 1. The van der Waals surface area contributed by atoms with Gasteiger partial charge in [0, 0.05) is 26.1 Å². The first-order valence-corrected chi connectivity index (χ1v) is 12.6. The van der Waals surface area contributed by atoms with Crippen molar-refractivity contribution in [1.29, 1.82) is 0 Å². The van der Waals surface area contributed by atoms with Gasteiger partial charge in [0.05, 0.1) is 6.42 Å². The van der Waals surface area contributed by atoms with Crippen molar-refractivity contribution in [1.82, 2.24) is 24.0 Å². The van der Waals surface area contributed by atoms with Gasteiger partial charge < -0.3 is 9.30 Å². The number of piperidine rings is 1. The van der Waals surface area contributed by atoms with E-state index in [1.807, 2.05) is 4.57 Å². The highest BCUT2D eigenvalue weighted by atomic mass is 16.5. The predicted octanol–water partition coefficient (Wildman–Crippen LogP) is 2.84. The molecule has 33 heavy (non-hydrogen) atoms. The first-order chi connectivity index (χ1) is 16.0. The molecule has 1 unspecified atom stereocenters. The fourth-order valence-electron chi connectivity index (χ4n) is 4.55. The largest absolute Gasteiger partial charge is 0.461 e. The van der Waals surface area contributed by atoms with Crippen LogP contribution in [0.25, 0.3) is 11.2 Å². The molecule has 3 heterocycles. The number of H-pyrrole nitrogens is 1. The number of hydrogen-bond acceptors (Lipinski definition) is 6. The molecule has 0 saturated carbocycles. The van der Waals surface area contributed by atoms with Gasteiger partial charge in [0.15, 0.2) is 11.2 Å². The number of imidazole rings is 1. The number of unbranched alkanes of at least 4 members (excludes halogenated alkanes) is 3. The Kier molecular flexibility index (Phi) is 9.29. The zero-order chi connectivity index (χ0) is 23.8. The second kappa shape index (κ2) is 12.2. The normalized spacial score (nSPS) is 17.0. The van der Waals surface area contributed by atoms with Crippen molar-refractivity contribution in [3.05, 3.63) is 26.7 Å². The number of carbonyl (C=O) groups is 1. The van der Waals surface area contributed by atoms with Gasteiger partial charge in [-0.15, -0.1) is 0 Å². The summed E-state index contributed by atoms with van der Waals surface area (Å²) in [5.41, 5.74) is 0.00399. The summed E-state index contributed by atoms with van der Waals surface area (Å²) in [6, 6.07) is 0. The van der Waals surface area contributed by atoms with Gasteiger partial charge in [0.1, 0.15) is 11.9 Å². The molecule has 184 valence electrons. The Balaban J connectivity index is 1.82. The highest BCUT2D eigenvalue weighted by Gasteiger charge is 2.23. The van der Waals surface area contributed by atoms with Gasteiger partial charge in [-0.3, -0.25) is 24.0 Å². The number of esters is 1. The molecule has 3 rings (SSSR count). The number of nitrogens with zero attached hydrogens (tertiary/aromatic N) is 4. The molecular formula is C24H39N5O4. The smallest absolute Gasteiger partial charge is 0.330 e. The van der Waals surface area contributed by atoms with Gasteiger partial charge in [-0.1, -0.05) is 40.0 Å². The van der Waals surface area contributed by atoms with Gasteiger partial charge >= 0.3 is 11.7 Å². The number of ether oxygens (including phenoxy) is 1. The second-order valence-electron chi connectivity index (χ2n) is 8.97. The van der Waals surface area contributed by atoms with Crippen molar-refractivity contribution in [2.75, 3.05) is 19.6 Å². The lowest BCUT2D eigenvalue weighted by atomic mass is 10.1. The third-order valence-corrected chi connectivity index (χ3v) is 6.45. The van der Waals surface area contributed by atoms with E-state index < -0.39 is 11.2 Å². The van der Waals surface area contributed by atoms with Gasteiger partial charge in [-0.25, -0.2) is 9.78 Å². The molecule has 2 aromatic rings. The zero-order valence-electron chi connectivity index (χ0n) is 20.4. The van der Waals surface area contributed by atoms with Crippen molar-refractivity contribution < 1.29 is 9.53 Å². The third kappa shape index (κ3) is 6.34. The van der Waals surface area contributed by atoms with E-state index in [1.54, 1.807) is 4.57 Å². The minimum absolute atomic E-state index is 0.0587. The number of rotatable bonds is 12. The van der Waals surface area contributed by atoms with Crippen LogP contribution in [0.2, 0.25) is 0 Å². The highest BCUT2D eigenvalue weighted by Crippen LogP contribution is 2.17. The molecule has 1 N–H and O–H groups in total. The Morgan fingerprint density at radius 1 is 1.09 bits per heavy atom. The number of aromatic amines is 1. The van der Waals surface area contributed by atoms with E-state index in [2.05, 4.69) is 30.7 Å². The maximum absolute atomic E-state index is 12.7. The lowest BCUT2D eigenvalue weighted by Gasteiger charge is -2.31. The predicted molar refractivity (Wildman–Crippen MR) is 129 cm³/mol. The number of fused-ring (bicyclic) bond motifs is 1. The number of aryl methyl sites for hydroxylation is 3. The van der Waals surface area contributed by atoms with Crippen molar-refractivity contribution in [3.63, 3.8) is 0 Å². The van der Waals surface area contributed by atoms with Crippen LogP contribution in [0.15, 0.2) is 9.59 Å². The number of nitrogens with one attached hydrogen (secondary N) is 1. The molecule has 1 aliphatic heterocycles. The maximum atomic E-state index is 12.7. The molecule has 9 heteroatoms. The maximum Gasteiger partial charge on any atom is 0.330 e. The third-order valence-electron chi connectivity index (χ3n) is 6.45. The monoisotopic (exact) mass is 461 g/mol. The van der Waals surface area contributed by atoms with Crippen LogP contribution in [-0.4, -0.2) is 55.7 Å². The number of carbonyl (C=O) groups excluding carboxylic acids is 1. The minimum Gasteiger partial charge on any atom is -0.461 e. The molecule has 1 fully saturated rings. The van der Waals surface area contributed by atoms with Crippen LogP contribution >= 0.6 is 0 Å². The van der Waals surface area contributed by atoms with Gasteiger partial charge in [0.2, 0.25) is 0 Å². The van der Waals surface area contributed by atoms with E-state index in [0.29, 0.717) is 36.5 Å². The van der Waals surface area contributed by atoms with Crippen molar-refractivity contribution in [2.45, 2.75) is 97.8 Å². The first kappa shape index (κ1) is 25.2. The Morgan fingerprint density at radius 2 is 1.85 bits per heavy atom. The Hall–Kier alpha value is -2.42. The summed E-state index contributed by atoms with van der Waals surface area (Å²) in [7, 11) is 0. The lowest BCUT2D eigenvalue weighted by molar-refractivity contribution is -0.151. The Labute approximate surface area is 195 Å². The van der Waals surface area contributed by atoms with Crippen molar-refractivity contribution in [3.8, 4) is 0 Å². The topological polar surface area (TPSA) is 102 Å². The first-order valence-electron chi connectivity index (χ1n) is 12.6. The molecule has 1 aliphatic rings. The van der Waals surface area contributed by atoms with Crippen LogP contribution in [0.5, 0.6) is 0 Å². The lowest BCUT2D eigenvalue weighted by Crippen LogP contribution is -2.40. The van der Waals surface area contributed by atoms with Crippen LogP contribution in [0.4, 0.5) is 0 Å². The standard InChI is InChI=1S/C24H39N5O4/c1-4-7-9-16-28-19(12-13-20(30)33-18-11-10-14-27(6-3)17-18)25-22-21(28)23(31)26-24(32)29(22)15-8-5-2/h18H,4-17H2,1-3H3,(H,26,31,32). The quantitative estimate of drug-likeness (QED) is 0.385. The summed E-state index contributed by atoms with van der Waals surface area (Å²) in [4.78, 5) is 47.2. The highest BCUT2D eigenvalue weighted by molar-refractivity contribution is 5.72. The summed E-state index contributed by atoms with van der Waals surface area (Å²) in [6.45, 7) is 10.3. The molecule has 0 radical (unpaired) electrons. The van der Waals surface area contributed by atoms with Crippen molar-refractivity contribution >= 4 is 17.1 Å². The Morgan fingerprint density at radius 3 is 2.58 bits per heavy atom. The van der Waals surface area contributed by atoms with E-state index >= 15 is 0 Å². The fourth-order valence-corrected chi connectivity index (χ4v) is 4.55. The molecule has 0 aliphatic carbocycles. The molecule has 1 saturated heterocycles.